The molecule has 0 aliphatic carbocycles. The van der Waals surface area contributed by atoms with Gasteiger partial charge in [-0.1, -0.05) is 0 Å². The van der Waals surface area contributed by atoms with Gasteiger partial charge in [0.1, 0.15) is 0 Å². The van der Waals surface area contributed by atoms with Crippen molar-refractivity contribution in [2.24, 2.45) is 0 Å². The molecule has 0 unspecified atom stereocenters. The highest BCUT2D eigenvalue weighted by Gasteiger charge is 2.01. The smallest absolute Gasteiger partial charge is 0.245 e. The van der Waals surface area contributed by atoms with Crippen LogP contribution in [-0.2, 0) is 0 Å². The van der Waals surface area contributed by atoms with Crippen LogP contribution in [0.3, 0.4) is 0 Å². The Balaban J connectivity index is 2.92. The molecule has 0 atom stereocenters. The second kappa shape index (κ2) is 4.13. The number of rotatable bonds is 2. The van der Waals surface area contributed by atoms with Gasteiger partial charge < -0.3 is 0 Å². The van der Waals surface area contributed by atoms with Crippen LogP contribution in [0.15, 0.2) is 28.5 Å². The monoisotopic (exact) mass is 242 g/mol. The fourth-order valence-corrected chi connectivity index (χ4v) is 0.974. The number of hydrogen-bond donors (Lipinski definition) is 0. The van der Waals surface area contributed by atoms with Crippen LogP contribution in [0.1, 0.15) is 12.6 Å². The molecule has 0 fully saturated rings. The molecule has 5 heteroatoms. The van der Waals surface area contributed by atoms with Crippen LogP contribution in [0, 0.1) is 10.1 Å². The van der Waals surface area contributed by atoms with E-state index >= 15 is 0 Å². The molecule has 68 valence electrons. The number of pyridine rings is 1. The van der Waals surface area contributed by atoms with Crippen LogP contribution in [0.25, 0.3) is 6.08 Å². The molecular weight excluding hydrogens is 236 g/mol. The first-order valence-corrected chi connectivity index (χ1v) is 4.33. The van der Waals surface area contributed by atoms with E-state index in [0.717, 1.165) is 4.47 Å². The van der Waals surface area contributed by atoms with Gasteiger partial charge in [0, 0.05) is 23.7 Å². The summed E-state index contributed by atoms with van der Waals surface area (Å²) in [6.07, 6.45) is 3.02. The highest BCUT2D eigenvalue weighted by molar-refractivity contribution is 9.10. The van der Waals surface area contributed by atoms with Gasteiger partial charge in [0.25, 0.3) is 0 Å². The fraction of sp³-hybridized carbons (Fsp3) is 0.125. The van der Waals surface area contributed by atoms with Crippen molar-refractivity contribution in [3.63, 3.8) is 0 Å². The highest BCUT2D eigenvalue weighted by atomic mass is 79.9. The summed E-state index contributed by atoms with van der Waals surface area (Å²) >= 11 is 3.22. The number of nitro groups is 1. The van der Waals surface area contributed by atoms with Crippen LogP contribution >= 0.6 is 15.9 Å². The van der Waals surface area contributed by atoms with E-state index < -0.39 is 4.92 Å². The van der Waals surface area contributed by atoms with Crippen LogP contribution < -0.4 is 0 Å². The standard InChI is InChI=1S/C8H7BrN2O2/c1-6(11(12)13)4-8-3-2-7(9)5-10-8/h2-5H,1H3. The Labute approximate surface area is 83.6 Å². The Kier molecular flexibility index (Phi) is 3.13. The molecule has 1 heterocycles. The Hall–Kier alpha value is -1.23. The third-order valence-electron chi connectivity index (χ3n) is 1.40. The van der Waals surface area contributed by atoms with E-state index in [9.17, 15) is 10.1 Å². The molecule has 1 aromatic heterocycles. The maximum Gasteiger partial charge on any atom is 0.245 e. The number of allylic oxidation sites excluding steroid dienone is 1. The number of halogens is 1. The number of nitrogens with zero attached hydrogens (tertiary/aromatic N) is 2. The van der Waals surface area contributed by atoms with E-state index in [1.165, 1.54) is 13.0 Å². The lowest BCUT2D eigenvalue weighted by molar-refractivity contribution is -0.422. The molecule has 0 bridgehead atoms. The van der Waals surface area contributed by atoms with Gasteiger partial charge in [0.2, 0.25) is 5.70 Å². The van der Waals surface area contributed by atoms with Crippen molar-refractivity contribution in [3.8, 4) is 0 Å². The molecule has 0 saturated heterocycles. The Bertz CT molecular complexity index is 346. The molecule has 1 aromatic rings. The van der Waals surface area contributed by atoms with E-state index in [0.29, 0.717) is 5.69 Å². The van der Waals surface area contributed by atoms with Gasteiger partial charge in [-0.25, -0.2) is 0 Å². The Morgan fingerprint density at radius 1 is 1.69 bits per heavy atom. The second-order valence-corrected chi connectivity index (χ2v) is 3.36. The first-order valence-electron chi connectivity index (χ1n) is 3.54. The second-order valence-electron chi connectivity index (χ2n) is 2.44. The third kappa shape index (κ3) is 2.95. The number of hydrogen-bond acceptors (Lipinski definition) is 3. The minimum absolute atomic E-state index is 0.0785. The Morgan fingerprint density at radius 3 is 2.85 bits per heavy atom. The number of aromatic nitrogens is 1. The quantitative estimate of drug-likeness (QED) is 0.592. The van der Waals surface area contributed by atoms with Crippen molar-refractivity contribution >= 4 is 22.0 Å². The molecule has 0 aromatic carbocycles. The van der Waals surface area contributed by atoms with E-state index in [4.69, 9.17) is 0 Å². The van der Waals surface area contributed by atoms with Crippen molar-refractivity contribution in [2.75, 3.05) is 0 Å². The summed E-state index contributed by atoms with van der Waals surface area (Å²) < 4.78 is 0.850. The molecule has 0 aliphatic rings. The summed E-state index contributed by atoms with van der Waals surface area (Å²) in [6.45, 7) is 1.43. The predicted octanol–water partition coefficient (Wildman–Crippen LogP) is 2.48. The maximum absolute atomic E-state index is 10.3. The lowest BCUT2D eigenvalue weighted by Gasteiger charge is -1.92. The van der Waals surface area contributed by atoms with Crippen LogP contribution in [0.2, 0.25) is 0 Å². The highest BCUT2D eigenvalue weighted by Crippen LogP contribution is 2.09. The molecule has 0 radical (unpaired) electrons. The van der Waals surface area contributed by atoms with Gasteiger partial charge >= 0.3 is 0 Å². The SMILES string of the molecule is CC(=Cc1ccc(Br)cn1)[N+](=O)[O-]. The third-order valence-corrected chi connectivity index (χ3v) is 1.86. The van der Waals surface area contributed by atoms with Gasteiger partial charge in [-0.2, -0.15) is 0 Å². The summed E-state index contributed by atoms with van der Waals surface area (Å²) in [4.78, 5) is 13.8. The molecule has 0 amide bonds. The van der Waals surface area contributed by atoms with E-state index in [2.05, 4.69) is 20.9 Å². The van der Waals surface area contributed by atoms with Gasteiger partial charge in [-0.05, 0) is 28.1 Å². The minimum Gasteiger partial charge on any atom is -0.259 e. The van der Waals surface area contributed by atoms with Crippen LogP contribution in [0.5, 0.6) is 0 Å². The van der Waals surface area contributed by atoms with Crippen molar-refractivity contribution in [1.82, 2.24) is 4.98 Å². The summed E-state index contributed by atoms with van der Waals surface area (Å²) in [5.74, 6) is 0. The molecular formula is C8H7BrN2O2. The van der Waals surface area contributed by atoms with Crippen molar-refractivity contribution in [2.45, 2.75) is 6.92 Å². The predicted molar refractivity (Wildman–Crippen MR) is 52.6 cm³/mol. The zero-order valence-corrected chi connectivity index (χ0v) is 8.48. The molecule has 1 rings (SSSR count). The molecule has 0 N–H and O–H groups in total. The lowest BCUT2D eigenvalue weighted by Crippen LogP contribution is -1.93. The summed E-state index contributed by atoms with van der Waals surface area (Å²) in [5, 5.41) is 10.3. The fourth-order valence-electron chi connectivity index (χ4n) is 0.739. The average molecular weight is 243 g/mol. The van der Waals surface area contributed by atoms with Gasteiger partial charge in [-0.3, -0.25) is 15.1 Å². The zero-order chi connectivity index (χ0) is 9.84. The van der Waals surface area contributed by atoms with E-state index in [-0.39, 0.29) is 5.70 Å². The topological polar surface area (TPSA) is 56.0 Å². The van der Waals surface area contributed by atoms with Gasteiger partial charge in [-0.15, -0.1) is 0 Å². The van der Waals surface area contributed by atoms with E-state index in [1.807, 2.05) is 0 Å². The average Bonchev–Trinajstić information content (AvgIpc) is 2.08. The summed E-state index contributed by atoms with van der Waals surface area (Å²) in [7, 11) is 0. The van der Waals surface area contributed by atoms with Gasteiger partial charge in [0.15, 0.2) is 0 Å². The molecule has 13 heavy (non-hydrogen) atoms. The normalized spacial score (nSPS) is 11.4. The first kappa shape index (κ1) is 9.85. The summed E-state index contributed by atoms with van der Waals surface area (Å²) in [6, 6.07) is 3.49. The van der Waals surface area contributed by atoms with Crippen molar-refractivity contribution in [1.29, 1.82) is 0 Å². The molecule has 0 saturated carbocycles. The lowest BCUT2D eigenvalue weighted by atomic mass is 10.3. The first-order chi connectivity index (χ1) is 6.09. The largest absolute Gasteiger partial charge is 0.259 e. The zero-order valence-electron chi connectivity index (χ0n) is 6.90. The molecule has 0 aliphatic heterocycles. The van der Waals surface area contributed by atoms with Crippen molar-refractivity contribution < 1.29 is 4.92 Å². The molecule has 4 nitrogen and oxygen atoms in total. The maximum atomic E-state index is 10.3. The Morgan fingerprint density at radius 2 is 2.38 bits per heavy atom. The van der Waals surface area contributed by atoms with Gasteiger partial charge in [0.05, 0.1) is 10.6 Å². The molecule has 0 spiro atoms. The minimum atomic E-state index is -0.441. The summed E-state index contributed by atoms with van der Waals surface area (Å²) in [5.41, 5.74) is 0.659. The van der Waals surface area contributed by atoms with Crippen LogP contribution in [0.4, 0.5) is 0 Å². The van der Waals surface area contributed by atoms with Crippen molar-refractivity contribution in [3.05, 3.63) is 44.3 Å². The van der Waals surface area contributed by atoms with E-state index in [1.54, 1.807) is 18.3 Å². The van der Waals surface area contributed by atoms with Crippen LogP contribution in [-0.4, -0.2) is 9.91 Å².